The molecule has 0 fully saturated rings. The lowest BCUT2D eigenvalue weighted by Gasteiger charge is -2.13. The molecule has 150 valence electrons. The Hall–Kier alpha value is -3.54. The molecule has 0 spiro atoms. The number of nitrogens with one attached hydrogen (secondary N) is 2. The molecule has 0 atom stereocenters. The molecule has 29 heavy (non-hydrogen) atoms. The van der Waals surface area contributed by atoms with E-state index in [9.17, 15) is 9.59 Å². The van der Waals surface area contributed by atoms with Gasteiger partial charge in [-0.15, -0.1) is 0 Å². The summed E-state index contributed by atoms with van der Waals surface area (Å²) in [5, 5.41) is 0. The van der Waals surface area contributed by atoms with Gasteiger partial charge in [-0.3, -0.25) is 14.8 Å². The quantitative estimate of drug-likeness (QED) is 0.581. The maximum Gasteiger partial charge on any atom is 0.328 e. The zero-order valence-electron chi connectivity index (χ0n) is 16.7. The Morgan fingerprint density at radius 2 is 1.79 bits per heavy atom. The van der Waals surface area contributed by atoms with Crippen molar-refractivity contribution in [3.05, 3.63) is 97.9 Å². The summed E-state index contributed by atoms with van der Waals surface area (Å²) in [4.78, 5) is 28.6. The van der Waals surface area contributed by atoms with E-state index in [1.165, 1.54) is 0 Å². The standard InChI is InChI=1S/C23H24N2O4/c1-15(2)20-21(26)24-23(27)25-22(20)29-19-10-9-17(13-16(19)3)11-12-28-14-18-7-5-4-6-8-18/h4-13,15H,14H2,1-3H3,(H2,24,25,26,27)/b12-11+. The van der Waals surface area contributed by atoms with Crippen molar-refractivity contribution in [2.45, 2.75) is 33.3 Å². The van der Waals surface area contributed by atoms with Crippen LogP contribution in [-0.2, 0) is 11.3 Å². The third-order valence-electron chi connectivity index (χ3n) is 4.38. The molecule has 0 radical (unpaired) electrons. The van der Waals surface area contributed by atoms with Gasteiger partial charge in [-0.25, -0.2) is 4.79 Å². The molecular weight excluding hydrogens is 368 g/mol. The molecule has 6 nitrogen and oxygen atoms in total. The van der Waals surface area contributed by atoms with Crippen molar-refractivity contribution in [3.63, 3.8) is 0 Å². The van der Waals surface area contributed by atoms with Crippen molar-refractivity contribution >= 4 is 6.08 Å². The van der Waals surface area contributed by atoms with E-state index in [1.807, 2.05) is 69.3 Å². The highest BCUT2D eigenvalue weighted by Gasteiger charge is 2.16. The van der Waals surface area contributed by atoms with Gasteiger partial charge in [0.25, 0.3) is 5.56 Å². The van der Waals surface area contributed by atoms with Gasteiger partial charge in [0.15, 0.2) is 0 Å². The second kappa shape index (κ2) is 9.10. The van der Waals surface area contributed by atoms with Gasteiger partial charge in [-0.2, -0.15) is 0 Å². The van der Waals surface area contributed by atoms with Crippen LogP contribution in [-0.4, -0.2) is 9.97 Å². The zero-order chi connectivity index (χ0) is 20.8. The molecule has 6 heteroatoms. The van der Waals surface area contributed by atoms with E-state index in [0.29, 0.717) is 17.9 Å². The number of ether oxygens (including phenoxy) is 2. The summed E-state index contributed by atoms with van der Waals surface area (Å²) in [6.45, 7) is 6.14. The average molecular weight is 392 g/mol. The molecule has 1 aromatic heterocycles. The smallest absolute Gasteiger partial charge is 0.328 e. The van der Waals surface area contributed by atoms with E-state index >= 15 is 0 Å². The van der Waals surface area contributed by atoms with E-state index in [4.69, 9.17) is 9.47 Å². The van der Waals surface area contributed by atoms with Crippen LogP contribution in [0.1, 0.15) is 42.0 Å². The van der Waals surface area contributed by atoms with Gasteiger partial charge >= 0.3 is 5.69 Å². The highest BCUT2D eigenvalue weighted by Crippen LogP contribution is 2.28. The molecule has 1 heterocycles. The minimum absolute atomic E-state index is 0.102. The summed E-state index contributed by atoms with van der Waals surface area (Å²) >= 11 is 0. The number of hydrogen-bond acceptors (Lipinski definition) is 4. The molecule has 0 amide bonds. The number of aryl methyl sites for hydroxylation is 1. The maximum atomic E-state index is 12.1. The summed E-state index contributed by atoms with van der Waals surface area (Å²) in [7, 11) is 0. The average Bonchev–Trinajstić information content (AvgIpc) is 2.67. The summed E-state index contributed by atoms with van der Waals surface area (Å²) in [6.07, 6.45) is 3.53. The molecular formula is C23H24N2O4. The van der Waals surface area contributed by atoms with Crippen molar-refractivity contribution in [2.24, 2.45) is 0 Å². The first-order valence-corrected chi connectivity index (χ1v) is 9.41. The Bertz CT molecular complexity index is 1110. The van der Waals surface area contributed by atoms with E-state index in [1.54, 1.807) is 12.3 Å². The Morgan fingerprint density at radius 3 is 2.48 bits per heavy atom. The summed E-state index contributed by atoms with van der Waals surface area (Å²) < 4.78 is 11.4. The molecule has 0 unspecified atom stereocenters. The zero-order valence-corrected chi connectivity index (χ0v) is 16.7. The van der Waals surface area contributed by atoms with Crippen molar-refractivity contribution in [1.82, 2.24) is 9.97 Å². The molecule has 2 aromatic carbocycles. The summed E-state index contributed by atoms with van der Waals surface area (Å²) in [6, 6.07) is 15.6. The van der Waals surface area contributed by atoms with Gasteiger partial charge in [0.2, 0.25) is 5.88 Å². The SMILES string of the molecule is Cc1cc(/C=C/OCc2ccccc2)ccc1Oc1[nH]c(=O)[nH]c(=O)c1C(C)C. The summed E-state index contributed by atoms with van der Waals surface area (Å²) in [5.74, 6) is 0.636. The van der Waals surface area contributed by atoms with Crippen molar-refractivity contribution in [2.75, 3.05) is 0 Å². The van der Waals surface area contributed by atoms with Gasteiger partial charge < -0.3 is 9.47 Å². The highest BCUT2D eigenvalue weighted by atomic mass is 16.5. The molecule has 0 bridgehead atoms. The number of H-pyrrole nitrogens is 2. The minimum Gasteiger partial charge on any atom is -0.496 e. The minimum atomic E-state index is -0.595. The number of rotatable bonds is 7. The first-order chi connectivity index (χ1) is 13.9. The fraction of sp³-hybridized carbons (Fsp3) is 0.217. The van der Waals surface area contributed by atoms with E-state index in [2.05, 4.69) is 9.97 Å². The maximum absolute atomic E-state index is 12.1. The first-order valence-electron chi connectivity index (χ1n) is 9.41. The number of benzene rings is 2. The van der Waals surface area contributed by atoms with Crippen molar-refractivity contribution in [1.29, 1.82) is 0 Å². The third kappa shape index (κ3) is 5.25. The lowest BCUT2D eigenvalue weighted by Crippen LogP contribution is -2.26. The lowest BCUT2D eigenvalue weighted by molar-refractivity contribution is 0.239. The summed E-state index contributed by atoms with van der Waals surface area (Å²) in [5.41, 5.74) is 2.29. The molecule has 3 rings (SSSR count). The first kappa shape index (κ1) is 20.2. The van der Waals surface area contributed by atoms with Crippen LogP contribution >= 0.6 is 0 Å². The van der Waals surface area contributed by atoms with E-state index in [0.717, 1.165) is 16.7 Å². The van der Waals surface area contributed by atoms with Crippen LogP contribution in [0, 0.1) is 6.92 Å². The van der Waals surface area contributed by atoms with Crippen LogP contribution in [0.3, 0.4) is 0 Å². The topological polar surface area (TPSA) is 84.2 Å². The molecule has 0 aliphatic heterocycles. The van der Waals surface area contributed by atoms with Gasteiger partial charge in [-0.05, 0) is 47.7 Å². The predicted octanol–water partition coefficient (Wildman–Crippen LogP) is 4.47. The normalized spacial score (nSPS) is 11.2. The molecule has 0 saturated heterocycles. The predicted molar refractivity (Wildman–Crippen MR) is 113 cm³/mol. The van der Waals surface area contributed by atoms with Crippen LogP contribution in [0.4, 0.5) is 0 Å². The van der Waals surface area contributed by atoms with E-state index in [-0.39, 0.29) is 11.8 Å². The largest absolute Gasteiger partial charge is 0.496 e. The Morgan fingerprint density at radius 1 is 1.03 bits per heavy atom. The van der Waals surface area contributed by atoms with Gasteiger partial charge in [0.1, 0.15) is 12.4 Å². The Labute approximate surface area is 168 Å². The fourth-order valence-corrected chi connectivity index (χ4v) is 2.93. The third-order valence-corrected chi connectivity index (χ3v) is 4.38. The molecule has 0 aliphatic rings. The number of hydrogen-bond donors (Lipinski definition) is 2. The van der Waals surface area contributed by atoms with Gasteiger partial charge in [0.05, 0.1) is 11.8 Å². The van der Waals surface area contributed by atoms with Crippen LogP contribution in [0.2, 0.25) is 0 Å². The van der Waals surface area contributed by atoms with Crippen LogP contribution in [0.15, 0.2) is 64.4 Å². The van der Waals surface area contributed by atoms with Crippen LogP contribution in [0.5, 0.6) is 11.6 Å². The van der Waals surface area contributed by atoms with Crippen LogP contribution in [0.25, 0.3) is 6.08 Å². The van der Waals surface area contributed by atoms with Crippen molar-refractivity contribution in [3.8, 4) is 11.6 Å². The second-order valence-electron chi connectivity index (χ2n) is 7.03. The van der Waals surface area contributed by atoms with E-state index < -0.39 is 11.2 Å². The highest BCUT2D eigenvalue weighted by molar-refractivity contribution is 5.53. The van der Waals surface area contributed by atoms with Gasteiger partial charge in [0, 0.05) is 0 Å². The number of aromatic amines is 2. The van der Waals surface area contributed by atoms with Gasteiger partial charge in [-0.1, -0.05) is 50.2 Å². The number of aromatic nitrogens is 2. The fourth-order valence-electron chi connectivity index (χ4n) is 2.93. The lowest BCUT2D eigenvalue weighted by atomic mass is 10.1. The monoisotopic (exact) mass is 392 g/mol. The molecule has 3 aromatic rings. The Balaban J connectivity index is 1.73. The van der Waals surface area contributed by atoms with Crippen molar-refractivity contribution < 1.29 is 9.47 Å². The molecule has 0 aliphatic carbocycles. The molecule has 0 saturated carbocycles. The Kier molecular flexibility index (Phi) is 6.34. The molecule has 2 N–H and O–H groups in total. The van der Waals surface area contributed by atoms with Crippen LogP contribution < -0.4 is 16.0 Å². The second-order valence-corrected chi connectivity index (χ2v) is 7.03.